The first-order valence-electron chi connectivity index (χ1n) is 26.4. The standard InChI is InChI=1S/C53H103N2O6P/c1-6-8-10-12-14-16-18-20-22-24-26-27-29-31-33-35-37-39-41-43-45-47-53(57)54-51(50-61-62(58,59)60-49-48-55(3,4)5)52(56)46-44-42-40-38-36-34-32-30-28-25-23-21-19-17-15-13-11-9-7-2/h24,26,36,38,44,46,51-52,56H,6-23,25,27-35,37,39-43,45,47-50H2,1-5H3,(H-,54,57,58,59)/p+1/b26-24-,38-36+,46-44+. The van der Waals surface area contributed by atoms with Crippen molar-refractivity contribution in [1.82, 2.24) is 5.32 Å². The zero-order valence-corrected chi connectivity index (χ0v) is 42.5. The Morgan fingerprint density at radius 2 is 0.887 bits per heavy atom. The van der Waals surface area contributed by atoms with Crippen LogP contribution in [0.5, 0.6) is 0 Å². The average molecular weight is 896 g/mol. The van der Waals surface area contributed by atoms with Crippen LogP contribution in [0.2, 0.25) is 0 Å². The number of hydrogen-bond donors (Lipinski definition) is 3. The SMILES string of the molecule is CCCCCCCCCC/C=C\CCCCCCCCCCCC(=O)NC(COP(=O)(O)OCC[N+](C)(C)C)C(O)/C=C/CC/C=C/CCCCCCCCCCCCCCC. The van der Waals surface area contributed by atoms with Crippen LogP contribution in [0.15, 0.2) is 36.5 Å². The van der Waals surface area contributed by atoms with E-state index in [0.717, 1.165) is 38.5 Å². The molecule has 0 aliphatic heterocycles. The number of hydrogen-bond acceptors (Lipinski definition) is 5. The first-order valence-corrected chi connectivity index (χ1v) is 27.9. The number of quaternary nitrogens is 1. The quantitative estimate of drug-likeness (QED) is 0.0243. The molecule has 62 heavy (non-hydrogen) atoms. The maximum atomic E-state index is 12.9. The number of amides is 1. The van der Waals surface area contributed by atoms with E-state index in [-0.39, 0.29) is 19.1 Å². The fourth-order valence-electron chi connectivity index (χ4n) is 7.64. The Labute approximate surface area is 385 Å². The predicted molar refractivity (Wildman–Crippen MR) is 268 cm³/mol. The molecule has 0 saturated heterocycles. The number of allylic oxidation sites excluding steroid dienone is 5. The fourth-order valence-corrected chi connectivity index (χ4v) is 8.38. The van der Waals surface area contributed by atoms with Crippen molar-refractivity contribution < 1.29 is 32.9 Å². The molecule has 3 unspecified atom stereocenters. The zero-order chi connectivity index (χ0) is 45.7. The van der Waals surface area contributed by atoms with Gasteiger partial charge in [-0.3, -0.25) is 13.8 Å². The van der Waals surface area contributed by atoms with Crippen molar-refractivity contribution >= 4 is 13.7 Å². The third-order valence-electron chi connectivity index (χ3n) is 11.8. The van der Waals surface area contributed by atoms with E-state index in [2.05, 4.69) is 43.5 Å². The van der Waals surface area contributed by atoms with Gasteiger partial charge < -0.3 is 19.8 Å². The Morgan fingerprint density at radius 1 is 0.532 bits per heavy atom. The van der Waals surface area contributed by atoms with Gasteiger partial charge in [0.25, 0.3) is 0 Å². The van der Waals surface area contributed by atoms with Gasteiger partial charge in [-0.15, -0.1) is 0 Å². The lowest BCUT2D eigenvalue weighted by Gasteiger charge is -2.25. The third kappa shape index (κ3) is 46.7. The van der Waals surface area contributed by atoms with Crippen LogP contribution in [0, 0.1) is 0 Å². The normalized spacial score (nSPS) is 14.4. The number of nitrogens with zero attached hydrogens (tertiary/aromatic N) is 1. The minimum atomic E-state index is -4.35. The van der Waals surface area contributed by atoms with Crippen LogP contribution >= 0.6 is 7.82 Å². The first-order chi connectivity index (χ1) is 30.0. The van der Waals surface area contributed by atoms with Gasteiger partial charge in [-0.25, -0.2) is 4.57 Å². The average Bonchev–Trinajstić information content (AvgIpc) is 3.23. The highest BCUT2D eigenvalue weighted by Crippen LogP contribution is 2.43. The monoisotopic (exact) mass is 896 g/mol. The molecule has 0 aromatic carbocycles. The molecule has 0 rings (SSSR count). The fraction of sp³-hybridized carbons (Fsp3) is 0.868. The van der Waals surface area contributed by atoms with Crippen LogP contribution in [-0.4, -0.2) is 73.4 Å². The second-order valence-corrected chi connectivity index (χ2v) is 20.7. The van der Waals surface area contributed by atoms with E-state index in [1.165, 1.54) is 186 Å². The molecule has 0 aromatic rings. The molecular weight excluding hydrogens is 792 g/mol. The van der Waals surface area contributed by atoms with Gasteiger partial charge in [0, 0.05) is 6.42 Å². The number of carbonyl (C=O) groups is 1. The molecule has 0 aliphatic carbocycles. The van der Waals surface area contributed by atoms with Crippen molar-refractivity contribution in [3.05, 3.63) is 36.5 Å². The van der Waals surface area contributed by atoms with E-state index < -0.39 is 20.0 Å². The summed E-state index contributed by atoms with van der Waals surface area (Å²) in [5.74, 6) is -0.187. The number of aliphatic hydroxyl groups is 1. The van der Waals surface area contributed by atoms with E-state index in [1.54, 1.807) is 6.08 Å². The molecule has 366 valence electrons. The number of aliphatic hydroxyl groups excluding tert-OH is 1. The topological polar surface area (TPSA) is 105 Å². The maximum Gasteiger partial charge on any atom is 0.472 e. The molecule has 3 N–H and O–H groups in total. The molecule has 8 nitrogen and oxygen atoms in total. The summed E-state index contributed by atoms with van der Waals surface area (Å²) >= 11 is 0. The molecule has 0 aliphatic rings. The first kappa shape index (κ1) is 60.7. The van der Waals surface area contributed by atoms with Gasteiger partial charge >= 0.3 is 7.82 Å². The van der Waals surface area contributed by atoms with Gasteiger partial charge in [0.1, 0.15) is 13.2 Å². The molecule has 0 heterocycles. The smallest absolute Gasteiger partial charge is 0.387 e. The molecule has 0 bridgehead atoms. The molecule has 9 heteroatoms. The lowest BCUT2D eigenvalue weighted by Crippen LogP contribution is -2.45. The van der Waals surface area contributed by atoms with Crippen molar-refractivity contribution in [2.75, 3.05) is 40.9 Å². The second-order valence-electron chi connectivity index (χ2n) is 19.2. The zero-order valence-electron chi connectivity index (χ0n) is 41.6. The second kappa shape index (κ2) is 44.9. The summed E-state index contributed by atoms with van der Waals surface area (Å²) in [6, 6.07) is -0.863. The highest BCUT2D eigenvalue weighted by atomic mass is 31.2. The molecule has 0 spiro atoms. The predicted octanol–water partition coefficient (Wildman–Crippen LogP) is 15.4. The number of phosphoric ester groups is 1. The van der Waals surface area contributed by atoms with Gasteiger partial charge in [-0.2, -0.15) is 0 Å². The van der Waals surface area contributed by atoms with E-state index in [4.69, 9.17) is 9.05 Å². The van der Waals surface area contributed by atoms with Crippen LogP contribution < -0.4 is 5.32 Å². The summed E-state index contributed by atoms with van der Waals surface area (Å²) < 4.78 is 23.6. The van der Waals surface area contributed by atoms with Crippen molar-refractivity contribution in [2.24, 2.45) is 0 Å². The Bertz CT molecular complexity index is 1110. The Kier molecular flexibility index (Phi) is 44.0. The van der Waals surface area contributed by atoms with Crippen molar-refractivity contribution in [1.29, 1.82) is 0 Å². The molecule has 0 fully saturated rings. The number of carbonyl (C=O) groups excluding carboxylic acids is 1. The number of nitrogens with one attached hydrogen (secondary N) is 1. The van der Waals surface area contributed by atoms with E-state index in [9.17, 15) is 19.4 Å². The molecular formula is C53H104N2O6P+. The van der Waals surface area contributed by atoms with E-state index in [0.29, 0.717) is 17.4 Å². The molecule has 1 amide bonds. The summed E-state index contributed by atoms with van der Waals surface area (Å²) in [6.07, 6.45) is 56.6. The van der Waals surface area contributed by atoms with Gasteiger partial charge in [0.15, 0.2) is 0 Å². The molecule has 3 atom stereocenters. The van der Waals surface area contributed by atoms with Crippen LogP contribution in [0.25, 0.3) is 0 Å². The number of unbranched alkanes of at least 4 members (excludes halogenated alkanes) is 31. The summed E-state index contributed by atoms with van der Waals surface area (Å²) in [6.45, 7) is 4.81. The summed E-state index contributed by atoms with van der Waals surface area (Å²) in [4.78, 5) is 23.2. The van der Waals surface area contributed by atoms with Crippen molar-refractivity contribution in [3.8, 4) is 0 Å². The number of rotatable bonds is 48. The van der Waals surface area contributed by atoms with Gasteiger partial charge in [0.05, 0.1) is 39.9 Å². The Hall–Kier alpha value is -1.28. The van der Waals surface area contributed by atoms with E-state index >= 15 is 0 Å². The number of phosphoric acid groups is 1. The van der Waals surface area contributed by atoms with Crippen molar-refractivity contribution in [3.63, 3.8) is 0 Å². The maximum absolute atomic E-state index is 12.9. The third-order valence-corrected chi connectivity index (χ3v) is 12.8. The summed E-state index contributed by atoms with van der Waals surface area (Å²) in [5, 5.41) is 13.9. The summed E-state index contributed by atoms with van der Waals surface area (Å²) in [5.41, 5.74) is 0. The highest BCUT2D eigenvalue weighted by Gasteiger charge is 2.27. The van der Waals surface area contributed by atoms with Crippen LogP contribution in [-0.2, 0) is 18.4 Å². The summed E-state index contributed by atoms with van der Waals surface area (Å²) in [7, 11) is 1.56. The number of likely N-dealkylation sites (N-methyl/N-ethyl adjacent to an activating group) is 1. The van der Waals surface area contributed by atoms with Crippen LogP contribution in [0.1, 0.15) is 245 Å². The largest absolute Gasteiger partial charge is 0.472 e. The molecule has 0 aromatic heterocycles. The Morgan fingerprint density at radius 3 is 1.29 bits per heavy atom. The Balaban J connectivity index is 4.33. The highest BCUT2D eigenvalue weighted by molar-refractivity contribution is 7.47. The van der Waals surface area contributed by atoms with Crippen LogP contribution in [0.3, 0.4) is 0 Å². The minimum Gasteiger partial charge on any atom is -0.387 e. The lowest BCUT2D eigenvalue weighted by atomic mass is 10.0. The lowest BCUT2D eigenvalue weighted by molar-refractivity contribution is -0.870. The van der Waals surface area contributed by atoms with Crippen molar-refractivity contribution in [2.45, 2.75) is 257 Å². The molecule has 0 radical (unpaired) electrons. The van der Waals surface area contributed by atoms with Gasteiger partial charge in [-0.1, -0.05) is 217 Å². The van der Waals surface area contributed by atoms with E-state index in [1.807, 2.05) is 27.2 Å². The minimum absolute atomic E-state index is 0.0563. The van der Waals surface area contributed by atoms with Gasteiger partial charge in [0.2, 0.25) is 5.91 Å². The van der Waals surface area contributed by atoms with Gasteiger partial charge in [-0.05, 0) is 57.8 Å². The van der Waals surface area contributed by atoms with Crippen LogP contribution in [0.4, 0.5) is 0 Å². The molecule has 0 saturated carbocycles.